The number of benzene rings is 2. The van der Waals surface area contributed by atoms with Crippen LogP contribution in [0.2, 0.25) is 5.02 Å². The van der Waals surface area contributed by atoms with Crippen molar-refractivity contribution in [3.63, 3.8) is 0 Å². The predicted molar refractivity (Wildman–Crippen MR) is 100.0 cm³/mol. The van der Waals surface area contributed by atoms with Crippen molar-refractivity contribution < 1.29 is 9.72 Å². The molecule has 1 amide bonds. The Morgan fingerprint density at radius 1 is 1.23 bits per heavy atom. The van der Waals surface area contributed by atoms with Crippen LogP contribution in [-0.4, -0.2) is 21.0 Å². The third-order valence-electron chi connectivity index (χ3n) is 3.61. The number of halogens is 1. The number of nitro benzene ring substituents is 1. The van der Waals surface area contributed by atoms with Crippen LogP contribution in [0.3, 0.4) is 0 Å². The van der Waals surface area contributed by atoms with E-state index < -0.39 is 10.8 Å². The molecule has 7 nitrogen and oxygen atoms in total. The van der Waals surface area contributed by atoms with Crippen molar-refractivity contribution in [3.05, 3.63) is 79.3 Å². The molecular formula is C17H13ClN4O3S. The van der Waals surface area contributed by atoms with Gasteiger partial charge in [-0.15, -0.1) is 10.2 Å². The van der Waals surface area contributed by atoms with Gasteiger partial charge in [-0.3, -0.25) is 20.2 Å². The summed E-state index contributed by atoms with van der Waals surface area (Å²) in [4.78, 5) is 22.7. The molecule has 0 bridgehead atoms. The molecule has 3 rings (SSSR count). The molecule has 2 aromatic carbocycles. The van der Waals surface area contributed by atoms with Gasteiger partial charge in [0.25, 0.3) is 11.6 Å². The summed E-state index contributed by atoms with van der Waals surface area (Å²) < 4.78 is 0. The lowest BCUT2D eigenvalue weighted by atomic mass is 10.1. The summed E-state index contributed by atoms with van der Waals surface area (Å²) >= 11 is 7.13. The van der Waals surface area contributed by atoms with Crippen LogP contribution < -0.4 is 5.32 Å². The Kier molecular flexibility index (Phi) is 5.24. The summed E-state index contributed by atoms with van der Waals surface area (Å²) in [6, 6.07) is 11.6. The Bertz CT molecular complexity index is 972. The largest absolute Gasteiger partial charge is 0.296 e. The Hall–Kier alpha value is -2.84. The quantitative estimate of drug-likeness (QED) is 0.520. The molecule has 0 saturated heterocycles. The van der Waals surface area contributed by atoms with Crippen LogP contribution in [0.25, 0.3) is 0 Å². The van der Waals surface area contributed by atoms with Gasteiger partial charge in [-0.05, 0) is 36.8 Å². The Morgan fingerprint density at radius 2 is 1.96 bits per heavy atom. The molecule has 0 spiro atoms. The highest BCUT2D eigenvalue weighted by atomic mass is 35.5. The van der Waals surface area contributed by atoms with Crippen molar-refractivity contribution in [1.82, 2.24) is 10.2 Å². The van der Waals surface area contributed by atoms with Crippen molar-refractivity contribution in [2.45, 2.75) is 13.3 Å². The zero-order chi connectivity index (χ0) is 18.7. The van der Waals surface area contributed by atoms with Crippen LogP contribution in [0.15, 0.2) is 42.5 Å². The maximum Gasteiger partial charge on any atom is 0.272 e. The average molecular weight is 389 g/mol. The number of hydrogen-bond donors (Lipinski definition) is 1. The summed E-state index contributed by atoms with van der Waals surface area (Å²) in [6.07, 6.45) is 0.585. The van der Waals surface area contributed by atoms with E-state index in [9.17, 15) is 14.9 Å². The normalized spacial score (nSPS) is 10.5. The van der Waals surface area contributed by atoms with Gasteiger partial charge in [0.1, 0.15) is 5.01 Å². The third kappa shape index (κ3) is 4.22. The minimum Gasteiger partial charge on any atom is -0.296 e. The number of nitrogens with zero attached hydrogens (tertiary/aromatic N) is 3. The van der Waals surface area contributed by atoms with Gasteiger partial charge in [-0.2, -0.15) is 0 Å². The molecule has 3 aromatic rings. The summed E-state index contributed by atoms with van der Waals surface area (Å²) in [5.41, 5.74) is 1.75. The average Bonchev–Trinajstić information content (AvgIpc) is 3.03. The van der Waals surface area contributed by atoms with Gasteiger partial charge in [0.05, 0.1) is 4.92 Å². The van der Waals surface area contributed by atoms with E-state index in [1.54, 1.807) is 19.1 Å². The molecule has 0 atom stereocenters. The van der Waals surface area contributed by atoms with Crippen LogP contribution >= 0.6 is 22.9 Å². The van der Waals surface area contributed by atoms with E-state index >= 15 is 0 Å². The number of hydrogen-bond acceptors (Lipinski definition) is 6. The SMILES string of the molecule is Cc1cc(C(=O)Nc2nnc(Cc3ccc(Cl)cc3)s2)ccc1[N+](=O)[O-]. The molecule has 9 heteroatoms. The highest BCUT2D eigenvalue weighted by Crippen LogP contribution is 2.22. The molecule has 1 aromatic heterocycles. The lowest BCUT2D eigenvalue weighted by molar-refractivity contribution is -0.385. The number of amides is 1. The molecule has 0 aliphatic carbocycles. The van der Waals surface area contributed by atoms with Crippen LogP contribution in [0.5, 0.6) is 0 Å². The molecule has 1 N–H and O–H groups in total. The number of aromatic nitrogens is 2. The molecule has 0 aliphatic heterocycles. The van der Waals surface area contributed by atoms with Gasteiger partial charge in [-0.1, -0.05) is 35.1 Å². The van der Waals surface area contributed by atoms with Gasteiger partial charge < -0.3 is 0 Å². The molecule has 0 aliphatic rings. The maximum atomic E-state index is 12.3. The molecular weight excluding hydrogens is 376 g/mol. The van der Waals surface area contributed by atoms with E-state index in [-0.39, 0.29) is 5.69 Å². The highest BCUT2D eigenvalue weighted by Gasteiger charge is 2.15. The lowest BCUT2D eigenvalue weighted by Crippen LogP contribution is -2.12. The van der Waals surface area contributed by atoms with Crippen molar-refractivity contribution in [2.75, 3.05) is 5.32 Å². The van der Waals surface area contributed by atoms with Gasteiger partial charge in [0.2, 0.25) is 5.13 Å². The minimum absolute atomic E-state index is 0.0253. The second kappa shape index (κ2) is 7.59. The number of nitrogens with one attached hydrogen (secondary N) is 1. The van der Waals surface area contributed by atoms with Crippen molar-refractivity contribution in [2.24, 2.45) is 0 Å². The van der Waals surface area contributed by atoms with E-state index in [2.05, 4.69) is 15.5 Å². The van der Waals surface area contributed by atoms with Gasteiger partial charge >= 0.3 is 0 Å². The highest BCUT2D eigenvalue weighted by molar-refractivity contribution is 7.15. The van der Waals surface area contributed by atoms with Crippen molar-refractivity contribution in [1.29, 1.82) is 0 Å². The van der Waals surface area contributed by atoms with E-state index in [1.807, 2.05) is 12.1 Å². The van der Waals surface area contributed by atoms with Crippen molar-refractivity contribution in [3.8, 4) is 0 Å². The van der Waals surface area contributed by atoms with Crippen molar-refractivity contribution >= 4 is 39.7 Å². The molecule has 0 fully saturated rings. The van der Waals surface area contributed by atoms with Crippen LogP contribution in [0.1, 0.15) is 26.5 Å². The third-order valence-corrected chi connectivity index (χ3v) is 4.70. The number of aryl methyl sites for hydroxylation is 1. The Balaban J connectivity index is 1.68. The first-order valence-electron chi connectivity index (χ1n) is 7.55. The molecule has 0 unspecified atom stereocenters. The summed E-state index contributed by atoms with van der Waals surface area (Å²) in [7, 11) is 0. The van der Waals surface area contributed by atoms with E-state index in [0.717, 1.165) is 10.6 Å². The van der Waals surface area contributed by atoms with Gasteiger partial charge in [-0.25, -0.2) is 0 Å². The lowest BCUT2D eigenvalue weighted by Gasteiger charge is -2.03. The van der Waals surface area contributed by atoms with Crippen LogP contribution in [-0.2, 0) is 6.42 Å². The fraction of sp³-hybridized carbons (Fsp3) is 0.118. The number of carbonyl (C=O) groups is 1. The Labute approximate surface area is 157 Å². The molecule has 0 radical (unpaired) electrons. The van der Waals surface area contributed by atoms with E-state index in [0.29, 0.717) is 27.7 Å². The van der Waals surface area contributed by atoms with Gasteiger partial charge in [0.15, 0.2) is 0 Å². The first-order chi connectivity index (χ1) is 12.4. The fourth-order valence-electron chi connectivity index (χ4n) is 2.32. The van der Waals surface area contributed by atoms with Crippen LogP contribution in [0, 0.1) is 17.0 Å². The smallest absolute Gasteiger partial charge is 0.272 e. The number of carbonyl (C=O) groups excluding carboxylic acids is 1. The molecule has 0 saturated carbocycles. The first-order valence-corrected chi connectivity index (χ1v) is 8.75. The summed E-state index contributed by atoms with van der Waals surface area (Å²) in [5, 5.41) is 23.3. The summed E-state index contributed by atoms with van der Waals surface area (Å²) in [5.74, 6) is -0.391. The fourth-order valence-corrected chi connectivity index (χ4v) is 3.22. The molecule has 132 valence electrons. The zero-order valence-electron chi connectivity index (χ0n) is 13.6. The number of nitro groups is 1. The van der Waals surface area contributed by atoms with E-state index in [4.69, 9.17) is 11.6 Å². The molecule has 26 heavy (non-hydrogen) atoms. The second-order valence-electron chi connectivity index (χ2n) is 5.52. The topological polar surface area (TPSA) is 98.0 Å². The number of rotatable bonds is 5. The van der Waals surface area contributed by atoms with Crippen LogP contribution in [0.4, 0.5) is 10.8 Å². The maximum absolute atomic E-state index is 12.3. The minimum atomic E-state index is -0.481. The predicted octanol–water partition coefficient (Wildman–Crippen LogP) is 4.25. The first kappa shape index (κ1) is 18.0. The monoisotopic (exact) mass is 388 g/mol. The van der Waals surface area contributed by atoms with E-state index in [1.165, 1.54) is 29.5 Å². The van der Waals surface area contributed by atoms with Gasteiger partial charge in [0, 0.05) is 28.6 Å². The summed E-state index contributed by atoms with van der Waals surface area (Å²) in [6.45, 7) is 1.59. The Morgan fingerprint density at radius 3 is 2.62 bits per heavy atom. The number of anilines is 1. The molecule has 1 heterocycles. The standard InChI is InChI=1S/C17H13ClN4O3S/c1-10-8-12(4-7-14(10)22(24)25)16(23)19-17-21-20-15(26-17)9-11-2-5-13(18)6-3-11/h2-8H,9H2,1H3,(H,19,21,23). The second-order valence-corrected chi connectivity index (χ2v) is 7.02. The zero-order valence-corrected chi connectivity index (χ0v) is 15.2.